The van der Waals surface area contributed by atoms with Crippen LogP contribution >= 0.6 is 11.6 Å². The number of ether oxygens (including phenoxy) is 1. The molecule has 0 saturated carbocycles. The van der Waals surface area contributed by atoms with Crippen molar-refractivity contribution in [2.75, 3.05) is 6.61 Å². The molecule has 1 aliphatic carbocycles. The molecule has 3 atom stereocenters. The Hall–Kier alpha value is -2.67. The third-order valence-corrected chi connectivity index (χ3v) is 5.63. The first kappa shape index (κ1) is 21.0. The molecule has 0 spiro atoms. The lowest BCUT2D eigenvalue weighted by atomic mass is 9.69. The van der Waals surface area contributed by atoms with Gasteiger partial charge in [-0.25, -0.2) is 9.18 Å². The van der Waals surface area contributed by atoms with Crippen LogP contribution in [-0.4, -0.2) is 29.4 Å². The summed E-state index contributed by atoms with van der Waals surface area (Å²) in [6, 6.07) is 4.04. The van der Waals surface area contributed by atoms with E-state index in [1.54, 1.807) is 20.8 Å². The number of allylic oxidation sites excluding steroid dienone is 3. The molecular weight excluding hydrogens is 401 g/mol. The van der Waals surface area contributed by atoms with Gasteiger partial charge in [-0.2, -0.15) is 0 Å². The fraction of sp³-hybridized carbons (Fsp3) is 0.381. The number of dihydropyridines is 1. The average molecular weight is 422 g/mol. The van der Waals surface area contributed by atoms with Crippen LogP contribution in [0.1, 0.15) is 38.7 Å². The molecule has 1 aromatic carbocycles. The topological polar surface area (TPSA) is 92.7 Å². The fourth-order valence-electron chi connectivity index (χ4n) is 4.07. The zero-order valence-corrected chi connectivity index (χ0v) is 17.0. The smallest absolute Gasteiger partial charge is 0.336 e. The van der Waals surface area contributed by atoms with Crippen molar-refractivity contribution in [1.29, 1.82) is 0 Å². The van der Waals surface area contributed by atoms with Crippen LogP contribution in [-0.2, 0) is 19.1 Å². The van der Waals surface area contributed by atoms with E-state index < -0.39 is 41.3 Å². The number of carboxylic acids is 1. The molecule has 0 bridgehead atoms. The average Bonchev–Trinajstić information content (AvgIpc) is 2.62. The van der Waals surface area contributed by atoms with E-state index in [4.69, 9.17) is 16.3 Å². The van der Waals surface area contributed by atoms with Crippen LogP contribution in [0.4, 0.5) is 4.39 Å². The lowest BCUT2D eigenvalue weighted by molar-refractivity contribution is -0.147. The van der Waals surface area contributed by atoms with Crippen molar-refractivity contribution in [3.63, 3.8) is 0 Å². The SMILES string of the molecule is CCOC(=O)C1=C(C)NC2=C(C(=O)C(C(=O)O)C(C)C2)C1c1ccc(Cl)c(F)c1. The summed E-state index contributed by atoms with van der Waals surface area (Å²) >= 11 is 5.80. The van der Waals surface area contributed by atoms with Crippen LogP contribution in [0.2, 0.25) is 5.02 Å². The number of nitrogens with one attached hydrogen (secondary N) is 1. The Balaban J connectivity index is 2.22. The number of esters is 1. The number of rotatable bonds is 4. The Morgan fingerprint density at radius 1 is 1.38 bits per heavy atom. The molecule has 3 rings (SSSR count). The highest BCUT2D eigenvalue weighted by Crippen LogP contribution is 2.45. The van der Waals surface area contributed by atoms with E-state index in [-0.39, 0.29) is 22.8 Å². The lowest BCUT2D eigenvalue weighted by Crippen LogP contribution is -2.43. The Bertz CT molecular complexity index is 968. The van der Waals surface area contributed by atoms with Gasteiger partial charge in [-0.05, 0) is 43.9 Å². The van der Waals surface area contributed by atoms with E-state index in [2.05, 4.69) is 5.32 Å². The van der Waals surface area contributed by atoms with Gasteiger partial charge in [-0.1, -0.05) is 24.6 Å². The minimum absolute atomic E-state index is 0.0951. The molecule has 2 aliphatic rings. The molecular formula is C21H21ClFNO5. The fourth-order valence-corrected chi connectivity index (χ4v) is 4.19. The Morgan fingerprint density at radius 2 is 2.07 bits per heavy atom. The Morgan fingerprint density at radius 3 is 2.66 bits per heavy atom. The molecule has 3 unspecified atom stereocenters. The number of benzene rings is 1. The van der Waals surface area contributed by atoms with Gasteiger partial charge in [0.15, 0.2) is 5.78 Å². The number of ketones is 1. The summed E-state index contributed by atoms with van der Waals surface area (Å²) in [7, 11) is 0. The van der Waals surface area contributed by atoms with Crippen molar-refractivity contribution >= 4 is 29.3 Å². The standard InChI is InChI=1S/C21H21ClFNO5/c1-4-29-21(28)16-10(3)24-14-7-9(2)15(20(26)27)19(25)18(14)17(16)11-5-6-12(22)13(23)8-11/h5-6,8-9,15,17,24H,4,7H2,1-3H3,(H,26,27). The summed E-state index contributed by atoms with van der Waals surface area (Å²) in [5.74, 6) is -5.77. The predicted molar refractivity (Wildman–Crippen MR) is 104 cm³/mol. The van der Waals surface area contributed by atoms with Crippen LogP contribution in [0.15, 0.2) is 40.7 Å². The number of Topliss-reactive ketones (excluding diaryl/α,β-unsaturated/α-hetero) is 1. The molecule has 0 radical (unpaired) electrons. The Kier molecular flexibility index (Phi) is 5.80. The molecule has 154 valence electrons. The number of carboxylic acid groups (broad SMARTS) is 1. The van der Waals surface area contributed by atoms with Gasteiger partial charge in [0.1, 0.15) is 11.7 Å². The van der Waals surface area contributed by atoms with Gasteiger partial charge in [-0.3, -0.25) is 9.59 Å². The summed E-state index contributed by atoms with van der Waals surface area (Å²) in [4.78, 5) is 37.7. The summed E-state index contributed by atoms with van der Waals surface area (Å²) in [5.41, 5.74) is 1.67. The van der Waals surface area contributed by atoms with Crippen LogP contribution in [0.3, 0.4) is 0 Å². The van der Waals surface area contributed by atoms with Gasteiger partial charge >= 0.3 is 11.9 Å². The van der Waals surface area contributed by atoms with E-state index in [1.807, 2.05) is 0 Å². The highest BCUT2D eigenvalue weighted by atomic mass is 35.5. The molecule has 1 aliphatic heterocycles. The molecule has 0 aromatic heterocycles. The monoisotopic (exact) mass is 421 g/mol. The number of hydrogen-bond donors (Lipinski definition) is 2. The van der Waals surface area contributed by atoms with Crippen LogP contribution < -0.4 is 5.32 Å². The third kappa shape index (κ3) is 3.67. The second-order valence-electron chi connectivity index (χ2n) is 7.24. The minimum Gasteiger partial charge on any atom is -0.481 e. The highest BCUT2D eigenvalue weighted by Gasteiger charge is 2.46. The molecule has 6 nitrogen and oxygen atoms in total. The van der Waals surface area contributed by atoms with E-state index >= 15 is 0 Å². The summed E-state index contributed by atoms with van der Waals surface area (Å²) in [6.45, 7) is 5.14. The number of carbonyl (C=O) groups is 3. The van der Waals surface area contributed by atoms with Crippen LogP contribution in [0.5, 0.6) is 0 Å². The summed E-state index contributed by atoms with van der Waals surface area (Å²) < 4.78 is 19.4. The maximum absolute atomic E-state index is 14.2. The van der Waals surface area contributed by atoms with E-state index in [9.17, 15) is 23.9 Å². The van der Waals surface area contributed by atoms with E-state index in [0.29, 0.717) is 23.4 Å². The van der Waals surface area contributed by atoms with Gasteiger partial charge < -0.3 is 15.2 Å². The van der Waals surface area contributed by atoms with Gasteiger partial charge in [0.2, 0.25) is 0 Å². The van der Waals surface area contributed by atoms with Crippen LogP contribution in [0, 0.1) is 17.7 Å². The zero-order valence-electron chi connectivity index (χ0n) is 16.2. The molecule has 1 heterocycles. The minimum atomic E-state index is -1.24. The van der Waals surface area contributed by atoms with Crippen molar-refractivity contribution in [2.24, 2.45) is 11.8 Å². The van der Waals surface area contributed by atoms with E-state index in [1.165, 1.54) is 12.1 Å². The third-order valence-electron chi connectivity index (χ3n) is 5.33. The van der Waals surface area contributed by atoms with E-state index in [0.717, 1.165) is 6.07 Å². The van der Waals surface area contributed by atoms with Crippen molar-refractivity contribution in [3.8, 4) is 0 Å². The predicted octanol–water partition coefficient (Wildman–Crippen LogP) is 3.57. The van der Waals surface area contributed by atoms with Crippen molar-refractivity contribution in [1.82, 2.24) is 5.32 Å². The molecule has 0 saturated heterocycles. The maximum Gasteiger partial charge on any atom is 0.336 e. The number of hydrogen-bond acceptors (Lipinski definition) is 5. The number of carbonyl (C=O) groups excluding carboxylic acids is 2. The first-order chi connectivity index (χ1) is 13.7. The van der Waals surface area contributed by atoms with Gasteiger partial charge in [0.05, 0.1) is 17.2 Å². The van der Waals surface area contributed by atoms with Gasteiger partial charge in [-0.15, -0.1) is 0 Å². The maximum atomic E-state index is 14.2. The quantitative estimate of drug-likeness (QED) is 0.570. The first-order valence-corrected chi connectivity index (χ1v) is 9.65. The second kappa shape index (κ2) is 7.99. The largest absolute Gasteiger partial charge is 0.481 e. The number of aliphatic carboxylic acids is 1. The van der Waals surface area contributed by atoms with Crippen molar-refractivity contribution in [2.45, 2.75) is 33.1 Å². The normalized spacial score (nSPS) is 24.2. The van der Waals surface area contributed by atoms with Crippen molar-refractivity contribution < 1.29 is 28.6 Å². The lowest BCUT2D eigenvalue weighted by Gasteiger charge is -2.38. The zero-order chi connectivity index (χ0) is 21.5. The molecule has 0 fully saturated rings. The Labute approximate surface area is 172 Å². The first-order valence-electron chi connectivity index (χ1n) is 9.27. The van der Waals surface area contributed by atoms with Gasteiger partial charge in [0, 0.05) is 22.9 Å². The molecule has 0 amide bonds. The van der Waals surface area contributed by atoms with Gasteiger partial charge in [0.25, 0.3) is 0 Å². The number of halogens is 2. The van der Waals surface area contributed by atoms with Crippen molar-refractivity contribution in [3.05, 3.63) is 57.1 Å². The summed E-state index contributed by atoms with van der Waals surface area (Å²) in [6.07, 6.45) is 0.318. The van der Waals surface area contributed by atoms with Crippen LogP contribution in [0.25, 0.3) is 0 Å². The summed E-state index contributed by atoms with van der Waals surface area (Å²) in [5, 5.41) is 12.6. The molecule has 2 N–H and O–H groups in total. The second-order valence-corrected chi connectivity index (χ2v) is 7.65. The molecule has 8 heteroatoms. The molecule has 1 aromatic rings. The highest BCUT2D eigenvalue weighted by molar-refractivity contribution is 6.30. The molecule has 29 heavy (non-hydrogen) atoms.